The number of nitrogens with one attached hydrogen (secondary N) is 1. The standard InChI is InChI=1S/C15H14FNO4/c1-20-9-6-7-13(21-2)12(8-9)17-14-10(15(18)19)4-3-5-11(14)16/h3-8,17H,1-2H3,(H,18,19). The first-order valence-corrected chi connectivity index (χ1v) is 6.07. The topological polar surface area (TPSA) is 67.8 Å². The van der Waals surface area contributed by atoms with Gasteiger partial charge in [0.2, 0.25) is 0 Å². The third-order valence-corrected chi connectivity index (χ3v) is 2.91. The largest absolute Gasteiger partial charge is 0.497 e. The van der Waals surface area contributed by atoms with Crippen molar-refractivity contribution in [2.24, 2.45) is 0 Å². The summed E-state index contributed by atoms with van der Waals surface area (Å²) in [6.07, 6.45) is 0. The lowest BCUT2D eigenvalue weighted by atomic mass is 10.1. The predicted octanol–water partition coefficient (Wildman–Crippen LogP) is 3.28. The van der Waals surface area contributed by atoms with Crippen LogP contribution in [0.5, 0.6) is 11.5 Å². The van der Waals surface area contributed by atoms with Crippen LogP contribution in [-0.4, -0.2) is 25.3 Å². The monoisotopic (exact) mass is 291 g/mol. The van der Waals surface area contributed by atoms with E-state index in [0.717, 1.165) is 0 Å². The number of methoxy groups -OCH3 is 2. The van der Waals surface area contributed by atoms with Crippen molar-refractivity contribution in [2.75, 3.05) is 19.5 Å². The predicted molar refractivity (Wildman–Crippen MR) is 76.2 cm³/mol. The van der Waals surface area contributed by atoms with E-state index in [0.29, 0.717) is 17.2 Å². The van der Waals surface area contributed by atoms with E-state index >= 15 is 0 Å². The third-order valence-electron chi connectivity index (χ3n) is 2.91. The van der Waals surface area contributed by atoms with Crippen LogP contribution in [-0.2, 0) is 0 Å². The van der Waals surface area contributed by atoms with Crippen molar-refractivity contribution in [2.45, 2.75) is 0 Å². The average molecular weight is 291 g/mol. The van der Waals surface area contributed by atoms with Crippen LogP contribution in [0.4, 0.5) is 15.8 Å². The summed E-state index contributed by atoms with van der Waals surface area (Å²) < 4.78 is 24.2. The third kappa shape index (κ3) is 3.05. The first-order valence-electron chi connectivity index (χ1n) is 6.07. The van der Waals surface area contributed by atoms with Crippen molar-refractivity contribution in [3.63, 3.8) is 0 Å². The van der Waals surface area contributed by atoms with Gasteiger partial charge in [-0.25, -0.2) is 9.18 Å². The van der Waals surface area contributed by atoms with Crippen LogP contribution in [0.1, 0.15) is 10.4 Å². The molecule has 2 rings (SSSR count). The average Bonchev–Trinajstić information content (AvgIpc) is 2.48. The van der Waals surface area contributed by atoms with Crippen LogP contribution < -0.4 is 14.8 Å². The van der Waals surface area contributed by atoms with Gasteiger partial charge in [-0.2, -0.15) is 0 Å². The molecule has 0 aliphatic rings. The number of rotatable bonds is 5. The summed E-state index contributed by atoms with van der Waals surface area (Å²) in [4.78, 5) is 11.2. The minimum absolute atomic E-state index is 0.128. The lowest BCUT2D eigenvalue weighted by Crippen LogP contribution is -2.05. The second kappa shape index (κ2) is 6.13. The van der Waals surface area contributed by atoms with Gasteiger partial charge in [0.05, 0.1) is 31.2 Å². The Morgan fingerprint density at radius 1 is 1.19 bits per heavy atom. The number of carboxylic acid groups (broad SMARTS) is 1. The molecule has 5 nitrogen and oxygen atoms in total. The molecule has 2 N–H and O–H groups in total. The van der Waals surface area contributed by atoms with Crippen LogP contribution in [0.25, 0.3) is 0 Å². The first kappa shape index (κ1) is 14.6. The molecule has 0 aromatic heterocycles. The Morgan fingerprint density at radius 3 is 2.57 bits per heavy atom. The smallest absolute Gasteiger partial charge is 0.337 e. The van der Waals surface area contributed by atoms with Gasteiger partial charge in [-0.05, 0) is 24.3 Å². The number of carbonyl (C=O) groups is 1. The SMILES string of the molecule is COc1ccc(OC)c(Nc2c(F)cccc2C(=O)O)c1. The summed E-state index contributed by atoms with van der Waals surface area (Å²) in [5.41, 5.74) is 0.112. The number of hydrogen-bond donors (Lipinski definition) is 2. The second-order valence-electron chi connectivity index (χ2n) is 4.16. The molecule has 2 aromatic rings. The fourth-order valence-electron chi connectivity index (χ4n) is 1.88. The van der Waals surface area contributed by atoms with Gasteiger partial charge in [-0.1, -0.05) is 6.07 Å². The highest BCUT2D eigenvalue weighted by atomic mass is 19.1. The number of hydrogen-bond acceptors (Lipinski definition) is 4. The summed E-state index contributed by atoms with van der Waals surface area (Å²) in [7, 11) is 2.96. The molecule has 0 unspecified atom stereocenters. The number of carboxylic acids is 1. The van der Waals surface area contributed by atoms with Crippen molar-refractivity contribution >= 4 is 17.3 Å². The normalized spacial score (nSPS) is 10.0. The van der Waals surface area contributed by atoms with Gasteiger partial charge >= 0.3 is 5.97 Å². The number of aromatic carboxylic acids is 1. The summed E-state index contributed by atoms with van der Waals surface area (Å²) in [5, 5.41) is 11.9. The molecule has 0 atom stereocenters. The Labute approximate surface area is 120 Å². The summed E-state index contributed by atoms with van der Waals surface area (Å²) in [6.45, 7) is 0. The lowest BCUT2D eigenvalue weighted by Gasteiger charge is -2.14. The summed E-state index contributed by atoms with van der Waals surface area (Å²) in [5.74, 6) is -0.916. The van der Waals surface area contributed by atoms with E-state index in [1.165, 1.54) is 32.4 Å². The van der Waals surface area contributed by atoms with Crippen molar-refractivity contribution in [1.82, 2.24) is 0 Å². The number of anilines is 2. The number of ether oxygens (including phenoxy) is 2. The Bertz CT molecular complexity index is 673. The van der Waals surface area contributed by atoms with Crippen LogP contribution in [0.2, 0.25) is 0 Å². The van der Waals surface area contributed by atoms with Crippen LogP contribution >= 0.6 is 0 Å². The fraction of sp³-hybridized carbons (Fsp3) is 0.133. The van der Waals surface area contributed by atoms with Crippen molar-refractivity contribution in [3.05, 3.63) is 47.8 Å². The minimum Gasteiger partial charge on any atom is -0.497 e. The number of benzene rings is 2. The van der Waals surface area contributed by atoms with Gasteiger partial charge < -0.3 is 19.9 Å². The van der Waals surface area contributed by atoms with Gasteiger partial charge in [-0.15, -0.1) is 0 Å². The summed E-state index contributed by atoms with van der Waals surface area (Å²) >= 11 is 0. The molecule has 0 aliphatic carbocycles. The van der Waals surface area contributed by atoms with Crippen molar-refractivity contribution < 1.29 is 23.8 Å². The Kier molecular flexibility index (Phi) is 4.27. The Balaban J connectivity index is 2.49. The van der Waals surface area contributed by atoms with Crippen LogP contribution in [0, 0.1) is 5.82 Å². The van der Waals surface area contributed by atoms with Gasteiger partial charge in [-0.3, -0.25) is 0 Å². The highest BCUT2D eigenvalue weighted by Gasteiger charge is 2.16. The van der Waals surface area contributed by atoms with Crippen molar-refractivity contribution in [3.8, 4) is 11.5 Å². The molecule has 0 saturated carbocycles. The number of para-hydroxylation sites is 1. The summed E-state index contributed by atoms with van der Waals surface area (Å²) in [6, 6.07) is 8.76. The molecule has 0 bridgehead atoms. The van der Waals surface area contributed by atoms with Gasteiger partial charge in [0, 0.05) is 6.07 Å². The molecule has 0 aliphatic heterocycles. The van der Waals surface area contributed by atoms with Gasteiger partial charge in [0.15, 0.2) is 0 Å². The van der Waals surface area contributed by atoms with E-state index in [9.17, 15) is 9.18 Å². The van der Waals surface area contributed by atoms with E-state index in [1.807, 2.05) is 0 Å². The quantitative estimate of drug-likeness (QED) is 0.884. The molecule has 0 amide bonds. The van der Waals surface area contributed by atoms with Gasteiger partial charge in [0.25, 0.3) is 0 Å². The van der Waals surface area contributed by atoms with Crippen LogP contribution in [0.3, 0.4) is 0 Å². The second-order valence-corrected chi connectivity index (χ2v) is 4.16. The molecule has 110 valence electrons. The molecule has 2 aromatic carbocycles. The fourth-order valence-corrected chi connectivity index (χ4v) is 1.88. The van der Waals surface area contributed by atoms with E-state index in [1.54, 1.807) is 18.2 Å². The molecule has 0 fully saturated rings. The molecular weight excluding hydrogens is 277 g/mol. The maximum absolute atomic E-state index is 13.9. The van der Waals surface area contributed by atoms with Crippen LogP contribution in [0.15, 0.2) is 36.4 Å². The zero-order valence-corrected chi connectivity index (χ0v) is 11.5. The highest BCUT2D eigenvalue weighted by Crippen LogP contribution is 2.33. The Morgan fingerprint density at radius 2 is 1.95 bits per heavy atom. The van der Waals surface area contributed by atoms with E-state index in [2.05, 4.69) is 5.32 Å². The zero-order valence-electron chi connectivity index (χ0n) is 11.5. The maximum Gasteiger partial charge on any atom is 0.337 e. The molecule has 0 heterocycles. The maximum atomic E-state index is 13.9. The van der Waals surface area contributed by atoms with E-state index in [4.69, 9.17) is 14.6 Å². The molecule has 0 spiro atoms. The Hall–Kier alpha value is -2.76. The molecule has 21 heavy (non-hydrogen) atoms. The van der Waals surface area contributed by atoms with Gasteiger partial charge in [0.1, 0.15) is 17.3 Å². The molecular formula is C15H14FNO4. The molecule has 6 heteroatoms. The lowest BCUT2D eigenvalue weighted by molar-refractivity contribution is 0.0697. The number of halogens is 1. The zero-order chi connectivity index (χ0) is 15.4. The van der Waals surface area contributed by atoms with E-state index in [-0.39, 0.29) is 11.3 Å². The molecule has 0 radical (unpaired) electrons. The van der Waals surface area contributed by atoms with E-state index < -0.39 is 11.8 Å². The highest BCUT2D eigenvalue weighted by molar-refractivity contribution is 5.95. The minimum atomic E-state index is -1.22. The first-order chi connectivity index (χ1) is 10.1. The van der Waals surface area contributed by atoms with Crippen molar-refractivity contribution in [1.29, 1.82) is 0 Å². The molecule has 0 saturated heterocycles.